The summed E-state index contributed by atoms with van der Waals surface area (Å²) in [5, 5.41) is 0.383. The van der Waals surface area contributed by atoms with Crippen LogP contribution in [-0.2, 0) is 18.1 Å². The van der Waals surface area contributed by atoms with E-state index in [1.165, 1.54) is 63.1 Å². The molecule has 0 N–H and O–H groups in total. The zero-order valence-corrected chi connectivity index (χ0v) is 23.5. The Morgan fingerprint density at radius 1 is 0.645 bits per heavy atom. The molecule has 0 saturated heterocycles. The summed E-state index contributed by atoms with van der Waals surface area (Å²) in [6, 6.07) is 0.890. The maximum atomic E-state index is 12.0. The molecule has 0 unspecified atom stereocenters. The van der Waals surface area contributed by atoms with Crippen LogP contribution in [0.3, 0.4) is 0 Å². The van der Waals surface area contributed by atoms with Crippen molar-refractivity contribution < 1.29 is 18.1 Å². The van der Waals surface area contributed by atoms with Gasteiger partial charge < -0.3 is 13.3 Å². The van der Waals surface area contributed by atoms with Crippen molar-refractivity contribution in [1.82, 2.24) is 0 Å². The van der Waals surface area contributed by atoms with E-state index in [-0.39, 0.29) is 0 Å². The summed E-state index contributed by atoms with van der Waals surface area (Å²) in [6.07, 6.45) is 14.7. The molecule has 0 aromatic rings. The summed E-state index contributed by atoms with van der Waals surface area (Å²) < 4.78 is 17.7. The topological polar surface area (TPSA) is 44.8 Å². The Kier molecular flexibility index (Phi) is 24.0. The molecular weight excluding hydrogens is 444 g/mol. The molecule has 0 aromatic carbocycles. The highest BCUT2D eigenvalue weighted by Crippen LogP contribution is 2.21. The monoisotopic (exact) mass is 494 g/mol. The molecule has 0 spiro atoms. The average Bonchev–Trinajstić information content (AvgIpc) is 2.75. The molecule has 7 heteroatoms. The minimum Gasteiger partial charge on any atom is -0.374 e. The lowest BCUT2D eigenvalue weighted by molar-refractivity contribution is -0.111. The van der Waals surface area contributed by atoms with Gasteiger partial charge >= 0.3 is 8.80 Å². The summed E-state index contributed by atoms with van der Waals surface area (Å²) in [7, 11) is -2.48. The molecule has 0 saturated carbocycles. The van der Waals surface area contributed by atoms with Crippen LogP contribution < -0.4 is 0 Å². The Balaban J connectivity index is 3.57. The second-order valence-corrected chi connectivity index (χ2v) is 13.0. The quantitative estimate of drug-likeness (QED) is 0.101. The van der Waals surface area contributed by atoms with Gasteiger partial charge in [-0.05, 0) is 51.5 Å². The number of hydrogen-bond donors (Lipinski definition) is 0. The highest BCUT2D eigenvalue weighted by atomic mass is 32.2. The van der Waals surface area contributed by atoms with E-state index in [4.69, 9.17) is 13.3 Å². The van der Waals surface area contributed by atoms with Crippen LogP contribution >= 0.6 is 23.5 Å². The van der Waals surface area contributed by atoms with Crippen LogP contribution in [0.1, 0.15) is 105 Å². The lowest BCUT2D eigenvalue weighted by Gasteiger charge is -2.28. The fourth-order valence-electron chi connectivity index (χ4n) is 3.49. The van der Waals surface area contributed by atoms with Crippen LogP contribution in [0.25, 0.3) is 0 Å². The predicted octanol–water partition coefficient (Wildman–Crippen LogP) is 7.73. The molecule has 0 heterocycles. The molecule has 0 aliphatic heterocycles. The highest BCUT2D eigenvalue weighted by molar-refractivity contribution is 8.13. The molecule has 0 amide bonds. The van der Waals surface area contributed by atoms with Crippen LogP contribution in [0.2, 0.25) is 6.04 Å². The van der Waals surface area contributed by atoms with Crippen LogP contribution in [0.15, 0.2) is 0 Å². The Bertz CT molecular complexity index is 383. The molecule has 0 rings (SSSR count). The molecule has 0 radical (unpaired) electrons. The number of rotatable bonds is 24. The smallest absolute Gasteiger partial charge is 0.374 e. The lowest BCUT2D eigenvalue weighted by atomic mass is 10.1. The molecule has 0 atom stereocenters. The van der Waals surface area contributed by atoms with E-state index >= 15 is 0 Å². The van der Waals surface area contributed by atoms with Gasteiger partial charge in [-0.3, -0.25) is 4.79 Å². The Labute approximate surface area is 203 Å². The van der Waals surface area contributed by atoms with Crippen molar-refractivity contribution in [2.45, 2.75) is 111 Å². The van der Waals surface area contributed by atoms with E-state index in [1.807, 2.05) is 32.5 Å². The minimum absolute atomic E-state index is 0.383. The fourth-order valence-corrected chi connectivity index (χ4v) is 8.25. The van der Waals surface area contributed by atoms with Gasteiger partial charge in [-0.25, -0.2) is 0 Å². The fraction of sp³-hybridized carbons (Fsp3) is 0.958. The van der Waals surface area contributed by atoms with E-state index in [1.54, 1.807) is 0 Å². The van der Waals surface area contributed by atoms with Crippen molar-refractivity contribution in [2.75, 3.05) is 37.1 Å². The van der Waals surface area contributed by atoms with E-state index in [0.717, 1.165) is 49.0 Å². The first-order chi connectivity index (χ1) is 15.1. The van der Waals surface area contributed by atoms with Gasteiger partial charge in [0.05, 0.1) is 0 Å². The molecule has 0 bridgehead atoms. The first-order valence-corrected chi connectivity index (χ1v) is 16.9. The first kappa shape index (κ1) is 31.5. The van der Waals surface area contributed by atoms with Crippen LogP contribution in [0, 0.1) is 0 Å². The van der Waals surface area contributed by atoms with Crippen LogP contribution in [0.4, 0.5) is 0 Å². The zero-order valence-electron chi connectivity index (χ0n) is 20.9. The van der Waals surface area contributed by atoms with E-state index in [9.17, 15) is 4.79 Å². The average molecular weight is 495 g/mol. The van der Waals surface area contributed by atoms with Gasteiger partial charge in [0.25, 0.3) is 0 Å². The van der Waals surface area contributed by atoms with E-state index in [2.05, 4.69) is 6.92 Å². The van der Waals surface area contributed by atoms with E-state index < -0.39 is 8.80 Å². The third-order valence-corrected chi connectivity index (χ3v) is 10.4. The Morgan fingerprint density at radius 3 is 1.71 bits per heavy atom. The van der Waals surface area contributed by atoms with Crippen molar-refractivity contribution in [3.63, 3.8) is 0 Å². The molecule has 0 aromatic heterocycles. The Morgan fingerprint density at radius 2 is 1.16 bits per heavy atom. The molecule has 0 aliphatic rings. The summed E-state index contributed by atoms with van der Waals surface area (Å²) in [6.45, 7) is 10.2. The maximum Gasteiger partial charge on any atom is 0.500 e. The number of carbonyl (C=O) groups excluding carboxylic acids is 1. The largest absolute Gasteiger partial charge is 0.500 e. The van der Waals surface area contributed by atoms with Crippen molar-refractivity contribution in [1.29, 1.82) is 0 Å². The third kappa shape index (κ3) is 19.6. The lowest BCUT2D eigenvalue weighted by Crippen LogP contribution is -2.46. The Hall–Kier alpha value is 0.467. The van der Waals surface area contributed by atoms with Gasteiger partial charge in [-0.15, -0.1) is 0 Å². The zero-order chi connectivity index (χ0) is 23.0. The van der Waals surface area contributed by atoms with Crippen molar-refractivity contribution in [3.8, 4) is 0 Å². The normalized spacial score (nSPS) is 11.9. The third-order valence-electron chi connectivity index (χ3n) is 5.04. The summed E-state index contributed by atoms with van der Waals surface area (Å²) >= 11 is 3.50. The van der Waals surface area contributed by atoms with Gasteiger partial charge in [0, 0.05) is 38.0 Å². The van der Waals surface area contributed by atoms with Gasteiger partial charge in [0.1, 0.15) is 0 Å². The molecular formula is C24H50O4S2Si. The first-order valence-electron chi connectivity index (χ1n) is 12.8. The highest BCUT2D eigenvalue weighted by Gasteiger charge is 2.39. The standard InChI is InChI=1S/C24H50O4S2Si/c1-5-9-10-11-12-13-14-15-16-19-24(25)30-22-17-20-29-21-18-23-31(26-6-2,27-7-3)28-8-4/h5-23H2,1-4H3. The molecule has 0 aliphatic carbocycles. The second kappa shape index (κ2) is 23.6. The van der Waals surface area contributed by atoms with E-state index in [0.29, 0.717) is 24.9 Å². The predicted molar refractivity (Wildman–Crippen MR) is 141 cm³/mol. The number of hydrogen-bond acceptors (Lipinski definition) is 6. The number of unbranched alkanes of at least 4 members (excludes halogenated alkanes) is 8. The van der Waals surface area contributed by atoms with Crippen molar-refractivity contribution in [2.24, 2.45) is 0 Å². The van der Waals surface area contributed by atoms with Gasteiger partial charge in [-0.2, -0.15) is 11.8 Å². The molecule has 31 heavy (non-hydrogen) atoms. The van der Waals surface area contributed by atoms with Crippen molar-refractivity contribution in [3.05, 3.63) is 0 Å². The van der Waals surface area contributed by atoms with Crippen LogP contribution in [-0.4, -0.2) is 51.0 Å². The molecule has 4 nitrogen and oxygen atoms in total. The second-order valence-electron chi connectivity index (χ2n) is 7.85. The van der Waals surface area contributed by atoms with Gasteiger partial charge in [0.2, 0.25) is 0 Å². The maximum absolute atomic E-state index is 12.0. The summed E-state index contributed by atoms with van der Waals surface area (Å²) in [5.41, 5.74) is 0. The van der Waals surface area contributed by atoms with Crippen LogP contribution in [0.5, 0.6) is 0 Å². The molecule has 0 fully saturated rings. The number of carbonyl (C=O) groups is 1. The van der Waals surface area contributed by atoms with Crippen molar-refractivity contribution >= 4 is 37.4 Å². The molecule has 186 valence electrons. The summed E-state index contributed by atoms with van der Waals surface area (Å²) in [5.74, 6) is 3.17. The summed E-state index contributed by atoms with van der Waals surface area (Å²) in [4.78, 5) is 12.0. The van der Waals surface area contributed by atoms with Gasteiger partial charge in [-0.1, -0.05) is 70.1 Å². The number of thioether (sulfide) groups is 2. The minimum atomic E-state index is -2.48. The van der Waals surface area contributed by atoms with Gasteiger partial charge in [0.15, 0.2) is 5.12 Å². The SMILES string of the molecule is CCCCCCCCCCCC(=O)SCCCSCCC[Si](OCC)(OCC)OCC.